The highest BCUT2D eigenvalue weighted by molar-refractivity contribution is 7.44. The maximum absolute atomic E-state index is 11.1. The monoisotopic (exact) mass is 385 g/mol. The number of aryl methyl sites for hydroxylation is 2. The number of aliphatic carboxylic acids is 1. The molecule has 1 aromatic heterocycles. The van der Waals surface area contributed by atoms with Gasteiger partial charge in [0.25, 0.3) is 0 Å². The van der Waals surface area contributed by atoms with E-state index in [0.717, 1.165) is 28.2 Å². The zero-order valence-electron chi connectivity index (χ0n) is 16.0. The lowest BCUT2D eigenvalue weighted by Crippen LogP contribution is -2.16. The van der Waals surface area contributed by atoms with Crippen molar-refractivity contribution >= 4 is 31.0 Å². The highest BCUT2D eigenvalue weighted by atomic mass is 31.1. The van der Waals surface area contributed by atoms with E-state index >= 15 is 0 Å². The van der Waals surface area contributed by atoms with Crippen molar-refractivity contribution < 1.29 is 14.6 Å². The number of para-hydroxylation sites is 1. The SMILES string of the molecule is COc1cc(C)c(PN(C)Cc2nc3c(CC(=O)O)cccc3[nH]2)c(C)c1. The van der Waals surface area contributed by atoms with Gasteiger partial charge in [0.15, 0.2) is 0 Å². The van der Waals surface area contributed by atoms with Crippen molar-refractivity contribution in [1.29, 1.82) is 0 Å². The summed E-state index contributed by atoms with van der Waals surface area (Å²) in [6.07, 6.45) is -0.0243. The molecule has 27 heavy (non-hydrogen) atoms. The van der Waals surface area contributed by atoms with Crippen molar-refractivity contribution in [2.45, 2.75) is 26.8 Å². The van der Waals surface area contributed by atoms with E-state index in [1.165, 1.54) is 16.4 Å². The van der Waals surface area contributed by atoms with E-state index in [-0.39, 0.29) is 6.42 Å². The van der Waals surface area contributed by atoms with Crippen molar-refractivity contribution in [3.05, 3.63) is 52.8 Å². The largest absolute Gasteiger partial charge is 0.497 e. The van der Waals surface area contributed by atoms with Gasteiger partial charge in [0.05, 0.1) is 31.1 Å². The van der Waals surface area contributed by atoms with Crippen molar-refractivity contribution in [3.63, 3.8) is 0 Å². The summed E-state index contributed by atoms with van der Waals surface area (Å²) in [7, 11) is 4.25. The Bertz CT molecular complexity index is 961. The van der Waals surface area contributed by atoms with Crippen LogP contribution in [0.25, 0.3) is 11.0 Å². The van der Waals surface area contributed by atoms with Crippen molar-refractivity contribution in [2.24, 2.45) is 0 Å². The van der Waals surface area contributed by atoms with Crippen LogP contribution in [0.3, 0.4) is 0 Å². The maximum Gasteiger partial charge on any atom is 0.307 e. The first-order valence-electron chi connectivity index (χ1n) is 8.68. The molecule has 0 radical (unpaired) electrons. The Labute approximate surface area is 160 Å². The minimum atomic E-state index is -0.851. The van der Waals surface area contributed by atoms with Gasteiger partial charge in [0, 0.05) is 0 Å². The maximum atomic E-state index is 11.1. The van der Waals surface area contributed by atoms with Gasteiger partial charge in [0.1, 0.15) is 11.6 Å². The van der Waals surface area contributed by atoms with Crippen molar-refractivity contribution in [3.8, 4) is 5.75 Å². The number of benzene rings is 2. The Morgan fingerprint density at radius 3 is 2.63 bits per heavy atom. The Hall–Kier alpha value is -2.43. The molecule has 0 fully saturated rings. The quantitative estimate of drug-likeness (QED) is 0.611. The number of carbonyl (C=O) groups is 1. The summed E-state index contributed by atoms with van der Waals surface area (Å²) in [4.78, 5) is 19.0. The van der Waals surface area contributed by atoms with Crippen molar-refractivity contribution in [2.75, 3.05) is 14.2 Å². The lowest BCUT2D eigenvalue weighted by Gasteiger charge is -2.19. The molecular formula is C20H24N3O3P. The normalized spacial score (nSPS) is 11.7. The van der Waals surface area contributed by atoms with E-state index in [1.54, 1.807) is 7.11 Å². The molecule has 0 bridgehead atoms. The van der Waals surface area contributed by atoms with E-state index in [1.807, 2.05) is 18.2 Å². The van der Waals surface area contributed by atoms with E-state index < -0.39 is 5.97 Å². The summed E-state index contributed by atoms with van der Waals surface area (Å²) in [6.45, 7) is 4.86. The number of aromatic amines is 1. The van der Waals surface area contributed by atoms with Crippen LogP contribution in [-0.4, -0.2) is 39.9 Å². The molecule has 7 heteroatoms. The molecule has 1 unspecified atom stereocenters. The van der Waals surface area contributed by atoms with E-state index in [0.29, 0.717) is 15.3 Å². The third-order valence-corrected chi connectivity index (χ3v) is 5.97. The minimum absolute atomic E-state index is 0.0243. The average Bonchev–Trinajstić information content (AvgIpc) is 3.00. The summed E-state index contributed by atoms with van der Waals surface area (Å²) in [5.41, 5.74) is 4.77. The van der Waals surface area contributed by atoms with Gasteiger partial charge in [-0.3, -0.25) is 9.46 Å². The number of nitrogens with zero attached hydrogens (tertiary/aromatic N) is 2. The number of carboxylic acids is 1. The first-order valence-corrected chi connectivity index (χ1v) is 9.63. The summed E-state index contributed by atoms with van der Waals surface area (Å²) >= 11 is 0. The lowest BCUT2D eigenvalue weighted by molar-refractivity contribution is -0.136. The summed E-state index contributed by atoms with van der Waals surface area (Å²) in [5.74, 6) is 0.863. The summed E-state index contributed by atoms with van der Waals surface area (Å²) in [6, 6.07) is 9.72. The van der Waals surface area contributed by atoms with E-state index in [2.05, 4.69) is 47.7 Å². The van der Waals surface area contributed by atoms with Crippen LogP contribution in [0, 0.1) is 13.8 Å². The van der Waals surface area contributed by atoms with Gasteiger partial charge in [0.2, 0.25) is 0 Å². The molecule has 3 rings (SSSR count). The smallest absolute Gasteiger partial charge is 0.307 e. The molecule has 0 aliphatic rings. The topological polar surface area (TPSA) is 78.4 Å². The number of ether oxygens (including phenoxy) is 1. The van der Waals surface area contributed by atoms with E-state index in [9.17, 15) is 4.79 Å². The summed E-state index contributed by atoms with van der Waals surface area (Å²) in [5, 5.41) is 10.4. The molecule has 1 atom stereocenters. The molecule has 0 saturated carbocycles. The van der Waals surface area contributed by atoms with Gasteiger partial charge in [-0.05, 0) is 69.8 Å². The summed E-state index contributed by atoms with van der Waals surface area (Å²) < 4.78 is 7.56. The standard InChI is InChI=1S/C20H24N3O3P/c1-12-8-15(26-4)9-13(2)20(12)27-23(3)11-17-21-16-7-5-6-14(10-18(24)25)19(16)22-17/h5-9,27H,10-11H2,1-4H3,(H,21,22)(H,24,25). The van der Waals surface area contributed by atoms with E-state index in [4.69, 9.17) is 9.84 Å². The number of hydrogen-bond donors (Lipinski definition) is 2. The second kappa shape index (κ2) is 8.07. The molecule has 3 aromatic rings. The van der Waals surface area contributed by atoms with Gasteiger partial charge in [-0.2, -0.15) is 0 Å². The fraction of sp³-hybridized carbons (Fsp3) is 0.300. The molecular weight excluding hydrogens is 361 g/mol. The molecule has 1 heterocycles. The number of carboxylic acid groups (broad SMARTS) is 1. The predicted molar refractivity (Wildman–Crippen MR) is 109 cm³/mol. The number of aromatic nitrogens is 2. The molecule has 2 N–H and O–H groups in total. The third kappa shape index (κ3) is 4.46. The zero-order chi connectivity index (χ0) is 19.6. The molecule has 0 aliphatic heterocycles. The van der Waals surface area contributed by atoms with Crippen LogP contribution in [0.4, 0.5) is 0 Å². The fourth-order valence-corrected chi connectivity index (χ4v) is 4.30. The Morgan fingerprint density at radius 2 is 2.00 bits per heavy atom. The number of rotatable bonds is 7. The van der Waals surface area contributed by atoms with Crippen LogP contribution in [0.15, 0.2) is 30.3 Å². The van der Waals surface area contributed by atoms with Crippen LogP contribution < -0.4 is 10.0 Å². The van der Waals surface area contributed by atoms with Crippen LogP contribution in [-0.2, 0) is 17.8 Å². The molecule has 6 nitrogen and oxygen atoms in total. The molecule has 2 aromatic carbocycles. The van der Waals surface area contributed by atoms with Gasteiger partial charge >= 0.3 is 5.97 Å². The predicted octanol–water partition coefficient (Wildman–Crippen LogP) is 3.17. The Kier molecular flexibility index (Phi) is 5.78. The van der Waals surface area contributed by atoms with Crippen LogP contribution >= 0.6 is 8.73 Å². The molecule has 0 aliphatic carbocycles. The van der Waals surface area contributed by atoms with Crippen molar-refractivity contribution in [1.82, 2.24) is 14.6 Å². The minimum Gasteiger partial charge on any atom is -0.497 e. The van der Waals surface area contributed by atoms with Crippen LogP contribution in [0.1, 0.15) is 22.5 Å². The second-order valence-electron chi connectivity index (χ2n) is 6.67. The van der Waals surface area contributed by atoms with Gasteiger partial charge < -0.3 is 14.8 Å². The van der Waals surface area contributed by atoms with Crippen LogP contribution in [0.5, 0.6) is 5.75 Å². The number of hydrogen-bond acceptors (Lipinski definition) is 4. The van der Waals surface area contributed by atoms with Crippen LogP contribution in [0.2, 0.25) is 0 Å². The third-order valence-electron chi connectivity index (χ3n) is 4.42. The Balaban J connectivity index is 1.78. The molecule has 0 spiro atoms. The number of H-pyrrole nitrogens is 1. The first kappa shape index (κ1) is 19.3. The average molecular weight is 385 g/mol. The number of nitrogens with one attached hydrogen (secondary N) is 1. The van der Waals surface area contributed by atoms with Gasteiger partial charge in [-0.15, -0.1) is 0 Å². The number of methoxy groups -OCH3 is 1. The molecule has 0 amide bonds. The zero-order valence-corrected chi connectivity index (χ0v) is 17.0. The highest BCUT2D eigenvalue weighted by Crippen LogP contribution is 2.26. The van der Waals surface area contributed by atoms with Gasteiger partial charge in [-0.1, -0.05) is 12.1 Å². The lowest BCUT2D eigenvalue weighted by atomic mass is 10.1. The fourth-order valence-electron chi connectivity index (χ4n) is 3.20. The highest BCUT2D eigenvalue weighted by Gasteiger charge is 2.13. The number of imidazole rings is 1. The molecule has 0 saturated heterocycles. The Morgan fingerprint density at radius 1 is 1.30 bits per heavy atom. The number of fused-ring (bicyclic) bond motifs is 1. The second-order valence-corrected chi connectivity index (χ2v) is 8.16. The first-order chi connectivity index (χ1) is 12.9. The van der Waals surface area contributed by atoms with Gasteiger partial charge in [-0.25, -0.2) is 4.98 Å². The molecule has 142 valence electrons.